The summed E-state index contributed by atoms with van der Waals surface area (Å²) < 4.78 is 47.7. The first-order valence-corrected chi connectivity index (χ1v) is 9.75. The fourth-order valence-electron chi connectivity index (χ4n) is 3.16. The lowest BCUT2D eigenvalue weighted by molar-refractivity contribution is -0.173. The number of hydrogen-bond acceptors (Lipinski definition) is 7. The number of hydrazine groups is 1. The summed E-state index contributed by atoms with van der Waals surface area (Å²) in [7, 11) is 1.54. The number of carbonyl (C=O) groups is 1. The van der Waals surface area contributed by atoms with Gasteiger partial charge in [-0.05, 0) is 6.07 Å². The molecule has 0 aromatic carbocycles. The van der Waals surface area contributed by atoms with Crippen LogP contribution in [0.5, 0.6) is 11.8 Å². The smallest absolute Gasteiger partial charge is 0.472 e. The lowest BCUT2D eigenvalue weighted by atomic mass is 9.96. The molecule has 2 aromatic rings. The Bertz CT molecular complexity index is 914. The molecule has 31 heavy (non-hydrogen) atoms. The van der Waals surface area contributed by atoms with Gasteiger partial charge in [-0.2, -0.15) is 13.2 Å². The van der Waals surface area contributed by atoms with Crippen LogP contribution in [-0.4, -0.2) is 48.4 Å². The van der Waals surface area contributed by atoms with Crippen molar-refractivity contribution in [1.82, 2.24) is 15.4 Å². The summed E-state index contributed by atoms with van der Waals surface area (Å²) in [5, 5.41) is 0.537. The second kappa shape index (κ2) is 9.46. The number of alkyl halides is 3. The van der Waals surface area contributed by atoms with Crippen LogP contribution < -0.4 is 25.2 Å². The zero-order valence-electron chi connectivity index (χ0n) is 16.7. The van der Waals surface area contributed by atoms with Gasteiger partial charge in [0.25, 0.3) is 0 Å². The van der Waals surface area contributed by atoms with Crippen molar-refractivity contribution < 1.29 is 27.4 Å². The maximum absolute atomic E-state index is 12.2. The summed E-state index contributed by atoms with van der Waals surface area (Å²) in [5.41, 5.74) is 4.74. The van der Waals surface area contributed by atoms with E-state index in [0.717, 1.165) is 5.69 Å². The summed E-state index contributed by atoms with van der Waals surface area (Å²) in [6.45, 7) is 3.44. The van der Waals surface area contributed by atoms with E-state index in [2.05, 4.69) is 20.3 Å². The van der Waals surface area contributed by atoms with Crippen LogP contribution in [0.1, 0.15) is 13.3 Å². The summed E-state index contributed by atoms with van der Waals surface area (Å²) in [6.07, 6.45) is -1.53. The third-order valence-corrected chi connectivity index (χ3v) is 5.06. The van der Waals surface area contributed by atoms with E-state index in [9.17, 15) is 18.0 Å². The van der Waals surface area contributed by atoms with E-state index in [0.29, 0.717) is 36.3 Å². The number of carbonyl (C=O) groups excluding carboxylic acids is 1. The molecule has 8 nitrogen and oxygen atoms in total. The summed E-state index contributed by atoms with van der Waals surface area (Å²) in [4.78, 5) is 21.1. The van der Waals surface area contributed by atoms with Gasteiger partial charge in [-0.1, -0.05) is 18.5 Å². The summed E-state index contributed by atoms with van der Waals surface area (Å²) in [5.74, 6) is -1.13. The number of anilines is 2. The van der Waals surface area contributed by atoms with Gasteiger partial charge in [-0.25, -0.2) is 9.97 Å². The largest absolute Gasteiger partial charge is 0.481 e. The molecule has 0 aliphatic carbocycles. The molecule has 3 rings (SSSR count). The molecule has 2 N–H and O–H groups in total. The quantitative estimate of drug-likeness (QED) is 0.640. The molecule has 0 bridgehead atoms. The zero-order chi connectivity index (χ0) is 22.6. The summed E-state index contributed by atoms with van der Waals surface area (Å²) >= 11 is 6.29. The number of aromatic nitrogens is 2. The molecule has 1 aliphatic heterocycles. The van der Waals surface area contributed by atoms with Gasteiger partial charge in [0.15, 0.2) is 0 Å². The van der Waals surface area contributed by atoms with E-state index in [1.165, 1.54) is 18.3 Å². The molecule has 2 aromatic heterocycles. The van der Waals surface area contributed by atoms with Gasteiger partial charge in [0.2, 0.25) is 11.8 Å². The average molecular weight is 460 g/mol. The Morgan fingerprint density at radius 3 is 2.61 bits per heavy atom. The first-order chi connectivity index (χ1) is 14.7. The molecule has 0 radical (unpaired) electrons. The highest BCUT2D eigenvalue weighted by atomic mass is 35.5. The Labute approximate surface area is 181 Å². The SMILES string of the molecule is COc1cc(N2CCC(Oc3ccc(NNC(=O)C(F)(F)F)cn3)C(C)C2)c(Cl)cn1. The second-order valence-corrected chi connectivity index (χ2v) is 7.42. The van der Waals surface area contributed by atoms with Crippen LogP contribution in [0.3, 0.4) is 0 Å². The maximum atomic E-state index is 12.2. The number of amides is 1. The summed E-state index contributed by atoms with van der Waals surface area (Å²) in [6, 6.07) is 4.77. The van der Waals surface area contributed by atoms with Gasteiger partial charge in [0.05, 0.1) is 35.9 Å². The monoisotopic (exact) mass is 459 g/mol. The van der Waals surface area contributed by atoms with Crippen molar-refractivity contribution >= 4 is 28.9 Å². The molecule has 1 fully saturated rings. The minimum atomic E-state index is -4.97. The van der Waals surface area contributed by atoms with E-state index in [1.807, 2.05) is 6.92 Å². The third-order valence-electron chi connectivity index (χ3n) is 4.77. The van der Waals surface area contributed by atoms with Crippen molar-refractivity contribution in [3.05, 3.63) is 35.6 Å². The molecule has 2 atom stereocenters. The first-order valence-electron chi connectivity index (χ1n) is 9.37. The number of rotatable bonds is 6. The molecule has 168 valence electrons. The van der Waals surface area contributed by atoms with E-state index < -0.39 is 12.1 Å². The molecule has 1 saturated heterocycles. The van der Waals surface area contributed by atoms with Crippen LogP contribution >= 0.6 is 11.6 Å². The number of halogens is 4. The zero-order valence-corrected chi connectivity index (χ0v) is 17.5. The van der Waals surface area contributed by atoms with Gasteiger partial charge in [0, 0.05) is 37.6 Å². The van der Waals surface area contributed by atoms with E-state index >= 15 is 0 Å². The van der Waals surface area contributed by atoms with Gasteiger partial charge < -0.3 is 14.4 Å². The van der Waals surface area contributed by atoms with Crippen LogP contribution in [0.25, 0.3) is 0 Å². The lowest BCUT2D eigenvalue weighted by Crippen LogP contribution is -2.44. The lowest BCUT2D eigenvalue weighted by Gasteiger charge is -2.38. The van der Waals surface area contributed by atoms with Crippen molar-refractivity contribution in [1.29, 1.82) is 0 Å². The number of methoxy groups -OCH3 is 1. The van der Waals surface area contributed by atoms with Crippen LogP contribution in [0.2, 0.25) is 5.02 Å². The molecule has 1 aliphatic rings. The normalized spacial score (nSPS) is 19.0. The van der Waals surface area contributed by atoms with Crippen molar-refractivity contribution in [2.75, 3.05) is 30.5 Å². The van der Waals surface area contributed by atoms with Crippen LogP contribution in [-0.2, 0) is 4.79 Å². The fourth-order valence-corrected chi connectivity index (χ4v) is 3.38. The Kier molecular flexibility index (Phi) is 6.94. The topological polar surface area (TPSA) is 88.6 Å². The van der Waals surface area contributed by atoms with Crippen molar-refractivity contribution in [2.45, 2.75) is 25.6 Å². The number of ether oxygens (including phenoxy) is 2. The maximum Gasteiger partial charge on any atom is 0.472 e. The molecule has 0 saturated carbocycles. The molecule has 3 heterocycles. The molecular weight excluding hydrogens is 439 g/mol. The molecule has 0 spiro atoms. The van der Waals surface area contributed by atoms with Gasteiger partial charge in [-0.3, -0.25) is 15.6 Å². The fraction of sp³-hybridized carbons (Fsp3) is 0.421. The van der Waals surface area contributed by atoms with Crippen LogP contribution in [0.15, 0.2) is 30.6 Å². The number of hydrogen-bond donors (Lipinski definition) is 2. The van der Waals surface area contributed by atoms with E-state index in [4.69, 9.17) is 21.1 Å². The average Bonchev–Trinajstić information content (AvgIpc) is 2.74. The van der Waals surface area contributed by atoms with Gasteiger partial charge in [-0.15, -0.1) is 0 Å². The minimum Gasteiger partial charge on any atom is -0.481 e. The highest BCUT2D eigenvalue weighted by Gasteiger charge is 2.38. The Balaban J connectivity index is 1.55. The highest BCUT2D eigenvalue weighted by molar-refractivity contribution is 6.33. The standard InChI is InChI=1S/C19H21ClF3N5O3/c1-11-10-28(14-7-17(30-2)25-9-13(14)20)6-5-15(11)31-16-4-3-12(8-24-16)26-27-18(29)19(21,22)23/h3-4,7-9,11,15,26H,5-6,10H2,1-2H3,(H,27,29). The number of nitrogens with one attached hydrogen (secondary N) is 2. The molecule has 1 amide bonds. The second-order valence-electron chi connectivity index (χ2n) is 7.01. The highest BCUT2D eigenvalue weighted by Crippen LogP contribution is 2.32. The first kappa shape index (κ1) is 22.7. The third kappa shape index (κ3) is 5.81. The van der Waals surface area contributed by atoms with Crippen molar-refractivity contribution in [3.8, 4) is 11.8 Å². The van der Waals surface area contributed by atoms with E-state index in [1.54, 1.807) is 24.8 Å². The van der Waals surface area contributed by atoms with Crippen molar-refractivity contribution in [3.63, 3.8) is 0 Å². The van der Waals surface area contributed by atoms with Crippen molar-refractivity contribution in [2.24, 2.45) is 5.92 Å². The van der Waals surface area contributed by atoms with Crippen LogP contribution in [0, 0.1) is 5.92 Å². The van der Waals surface area contributed by atoms with Gasteiger partial charge >= 0.3 is 12.1 Å². The Hall–Kier alpha value is -2.95. The number of piperidine rings is 1. The van der Waals surface area contributed by atoms with Gasteiger partial charge in [0.1, 0.15) is 6.10 Å². The molecular formula is C19H21ClF3N5O3. The Morgan fingerprint density at radius 1 is 1.26 bits per heavy atom. The predicted molar refractivity (Wildman–Crippen MR) is 108 cm³/mol. The van der Waals surface area contributed by atoms with Crippen LogP contribution in [0.4, 0.5) is 24.5 Å². The molecule has 12 heteroatoms. The van der Waals surface area contributed by atoms with E-state index in [-0.39, 0.29) is 17.7 Å². The predicted octanol–water partition coefficient (Wildman–Crippen LogP) is 3.44. The number of nitrogens with zero attached hydrogens (tertiary/aromatic N) is 3. The Morgan fingerprint density at radius 2 is 2.00 bits per heavy atom. The number of pyridine rings is 2. The minimum absolute atomic E-state index is 0.102. The molecule has 2 unspecified atom stereocenters.